The van der Waals surface area contributed by atoms with Gasteiger partial charge in [0.2, 0.25) is 21.9 Å². The second-order valence-corrected chi connectivity index (χ2v) is 13.2. The van der Waals surface area contributed by atoms with Gasteiger partial charge in [-0.1, -0.05) is 12.1 Å². The monoisotopic (exact) mass is 683 g/mol. The van der Waals surface area contributed by atoms with Gasteiger partial charge in [0.05, 0.1) is 50.5 Å². The van der Waals surface area contributed by atoms with E-state index in [1.54, 1.807) is 12.3 Å². The Bertz CT molecular complexity index is 1680. The number of anilines is 1. The third-order valence-electron chi connectivity index (χ3n) is 7.65. The Labute approximate surface area is 265 Å². The number of sulfonamides is 1. The SMILES string of the molecule is [B]C1([B])c2ccc(-c3nc(NC4CCOCC4)ncc3Br)cc2S(=O)(=O)N1[C@H](C)C(=O)N[C@H](CO)c1cc(F)cc(OC)c1. The molecule has 16 heteroatoms. The lowest BCUT2D eigenvalue weighted by Crippen LogP contribution is -2.55. The molecule has 2 aliphatic rings. The highest BCUT2D eigenvalue weighted by molar-refractivity contribution is 9.10. The van der Waals surface area contributed by atoms with Crippen LogP contribution < -0.4 is 15.4 Å². The van der Waals surface area contributed by atoms with Gasteiger partial charge in [-0.05, 0) is 70.4 Å². The fourth-order valence-corrected chi connectivity index (χ4v) is 7.79. The topological polar surface area (TPSA) is 143 Å². The first-order valence-electron chi connectivity index (χ1n) is 13.8. The molecule has 3 heterocycles. The number of halogens is 2. The van der Waals surface area contributed by atoms with Crippen molar-refractivity contribution in [2.45, 2.75) is 48.1 Å². The highest BCUT2D eigenvalue weighted by Crippen LogP contribution is 2.44. The van der Waals surface area contributed by atoms with Crippen molar-refractivity contribution >= 4 is 53.5 Å². The summed E-state index contributed by atoms with van der Waals surface area (Å²) in [5, 5.41) is 13.7. The smallest absolute Gasteiger partial charge is 0.243 e. The number of nitrogens with one attached hydrogen (secondary N) is 2. The summed E-state index contributed by atoms with van der Waals surface area (Å²) >= 11 is 3.45. The molecule has 1 amide bonds. The number of carbonyl (C=O) groups excluding carboxylic acids is 1. The number of benzene rings is 2. The number of rotatable bonds is 9. The minimum absolute atomic E-state index is 0.0835. The van der Waals surface area contributed by atoms with E-state index >= 15 is 0 Å². The average molecular weight is 684 g/mol. The number of fused-ring (bicyclic) bond motifs is 1. The number of hydrogen-bond acceptors (Lipinski definition) is 9. The van der Waals surface area contributed by atoms with E-state index < -0.39 is 45.8 Å². The molecule has 2 aromatic carbocycles. The summed E-state index contributed by atoms with van der Waals surface area (Å²) in [5.74, 6) is -0.893. The summed E-state index contributed by atoms with van der Waals surface area (Å²) in [6, 6.07) is 5.91. The minimum atomic E-state index is -4.41. The number of aromatic nitrogens is 2. The molecule has 1 aromatic heterocycles. The van der Waals surface area contributed by atoms with Crippen molar-refractivity contribution in [3.8, 4) is 17.0 Å². The zero-order chi connectivity index (χ0) is 31.8. The van der Waals surface area contributed by atoms with Gasteiger partial charge in [-0.15, -0.1) is 0 Å². The van der Waals surface area contributed by atoms with Gasteiger partial charge >= 0.3 is 0 Å². The van der Waals surface area contributed by atoms with Gasteiger partial charge in [0, 0.05) is 37.1 Å². The predicted octanol–water partition coefficient (Wildman–Crippen LogP) is 2.33. The van der Waals surface area contributed by atoms with Gasteiger partial charge in [-0.3, -0.25) is 4.79 Å². The lowest BCUT2D eigenvalue weighted by molar-refractivity contribution is -0.125. The molecule has 2 atom stereocenters. The zero-order valence-corrected chi connectivity index (χ0v) is 26.4. The molecule has 0 bridgehead atoms. The van der Waals surface area contributed by atoms with Crippen molar-refractivity contribution in [3.63, 3.8) is 0 Å². The summed E-state index contributed by atoms with van der Waals surface area (Å²) in [6.07, 6.45) is 3.18. The molecule has 0 spiro atoms. The van der Waals surface area contributed by atoms with E-state index in [2.05, 4.69) is 36.5 Å². The second-order valence-electron chi connectivity index (χ2n) is 10.6. The first-order chi connectivity index (χ1) is 20.9. The molecule has 0 unspecified atom stereocenters. The lowest BCUT2D eigenvalue weighted by atomic mass is 9.57. The molecule has 3 N–H and O–H groups in total. The summed E-state index contributed by atoms with van der Waals surface area (Å²) in [4.78, 5) is 22.1. The Hall–Kier alpha value is -3.04. The molecular formula is C28H29B2BrFN5O6S. The van der Waals surface area contributed by atoms with Crippen LogP contribution >= 0.6 is 15.9 Å². The third-order valence-corrected chi connectivity index (χ3v) is 10.3. The number of hydrogen-bond donors (Lipinski definition) is 3. The number of aliphatic hydroxyl groups is 1. The summed E-state index contributed by atoms with van der Waals surface area (Å²) in [7, 11) is 9.75. The van der Waals surface area contributed by atoms with Gasteiger partial charge in [0.15, 0.2) is 0 Å². The Kier molecular flexibility index (Phi) is 9.38. The van der Waals surface area contributed by atoms with E-state index in [9.17, 15) is 22.7 Å². The van der Waals surface area contributed by atoms with Crippen LogP contribution in [0.5, 0.6) is 5.75 Å². The minimum Gasteiger partial charge on any atom is -0.497 e. The fraction of sp³-hybridized carbons (Fsp3) is 0.393. The number of aliphatic hydroxyl groups excluding tert-OH is 1. The van der Waals surface area contributed by atoms with Crippen LogP contribution in [-0.4, -0.2) is 88.4 Å². The van der Waals surface area contributed by atoms with Crippen LogP contribution in [0.1, 0.15) is 36.9 Å². The van der Waals surface area contributed by atoms with E-state index in [-0.39, 0.29) is 27.8 Å². The largest absolute Gasteiger partial charge is 0.497 e. The van der Waals surface area contributed by atoms with Crippen molar-refractivity contribution in [2.24, 2.45) is 0 Å². The number of methoxy groups -OCH3 is 1. The van der Waals surface area contributed by atoms with Crippen molar-refractivity contribution in [2.75, 3.05) is 32.2 Å². The molecule has 4 radical (unpaired) electrons. The normalized spacial score (nSPS) is 19.1. The van der Waals surface area contributed by atoms with Crippen molar-refractivity contribution < 1.29 is 32.2 Å². The third kappa shape index (κ3) is 6.23. The quantitative estimate of drug-likeness (QED) is 0.290. The Balaban J connectivity index is 1.42. The molecule has 11 nitrogen and oxygen atoms in total. The van der Waals surface area contributed by atoms with Gasteiger partial charge < -0.3 is 25.2 Å². The van der Waals surface area contributed by atoms with E-state index in [1.165, 1.54) is 32.2 Å². The Morgan fingerprint density at radius 1 is 1.27 bits per heavy atom. The number of carbonyl (C=O) groups is 1. The number of ether oxygens (including phenoxy) is 2. The van der Waals surface area contributed by atoms with E-state index in [0.29, 0.717) is 34.9 Å². The number of amides is 1. The highest BCUT2D eigenvalue weighted by atomic mass is 79.9. The molecule has 3 aromatic rings. The van der Waals surface area contributed by atoms with Crippen molar-refractivity contribution in [3.05, 3.63) is 64.0 Å². The van der Waals surface area contributed by atoms with Crippen LogP contribution in [0.3, 0.4) is 0 Å². The molecular weight excluding hydrogens is 655 g/mol. The number of nitrogens with zero attached hydrogens (tertiary/aromatic N) is 3. The van der Waals surface area contributed by atoms with Crippen LogP contribution in [0.4, 0.5) is 10.3 Å². The maximum absolute atomic E-state index is 14.1. The summed E-state index contributed by atoms with van der Waals surface area (Å²) in [6.45, 7) is 1.99. The van der Waals surface area contributed by atoms with E-state index in [4.69, 9.17) is 25.2 Å². The summed E-state index contributed by atoms with van der Waals surface area (Å²) in [5.41, 5.74) is 1.19. The molecule has 5 rings (SSSR count). The summed E-state index contributed by atoms with van der Waals surface area (Å²) < 4.78 is 53.6. The second kappa shape index (κ2) is 12.8. The van der Waals surface area contributed by atoms with Crippen molar-refractivity contribution in [1.82, 2.24) is 19.6 Å². The van der Waals surface area contributed by atoms with Gasteiger partial charge in [0.1, 0.15) is 17.6 Å². The highest BCUT2D eigenvalue weighted by Gasteiger charge is 2.51. The molecule has 1 saturated heterocycles. The van der Waals surface area contributed by atoms with E-state index in [1.807, 2.05) is 0 Å². The van der Waals surface area contributed by atoms with Crippen LogP contribution in [0, 0.1) is 5.82 Å². The van der Waals surface area contributed by atoms with E-state index in [0.717, 1.165) is 29.3 Å². The molecule has 0 aliphatic carbocycles. The Morgan fingerprint density at radius 3 is 2.68 bits per heavy atom. The van der Waals surface area contributed by atoms with Crippen LogP contribution in [0.15, 0.2) is 52.0 Å². The molecule has 44 heavy (non-hydrogen) atoms. The molecule has 2 aliphatic heterocycles. The van der Waals surface area contributed by atoms with Gasteiger partial charge in [-0.25, -0.2) is 22.8 Å². The average Bonchev–Trinajstić information content (AvgIpc) is 3.16. The predicted molar refractivity (Wildman–Crippen MR) is 165 cm³/mol. The zero-order valence-electron chi connectivity index (χ0n) is 24.0. The first kappa shape index (κ1) is 32.4. The Morgan fingerprint density at radius 2 is 2.00 bits per heavy atom. The fourth-order valence-electron chi connectivity index (χ4n) is 5.37. The van der Waals surface area contributed by atoms with Crippen LogP contribution in [0.25, 0.3) is 11.3 Å². The molecule has 0 saturated carbocycles. The standard InChI is InChI=1S/C28H29B2BrFN5O6S/c1-15(26(39)35-23(14-38)17-9-18(32)12-20(10-17)42-2)37-28(29,30)21-4-3-16(11-24(21)44(37,40)41)25-22(31)13-33-27(36-25)34-19-5-7-43-8-6-19/h3-4,9-13,15,19,23,38H,5-8,14H2,1-2H3,(H,35,39)(H,33,34,36)/t15-,23-/m1/s1. The maximum Gasteiger partial charge on any atom is 0.243 e. The lowest BCUT2D eigenvalue weighted by Gasteiger charge is -2.36. The first-order valence-corrected chi connectivity index (χ1v) is 16.0. The maximum atomic E-state index is 14.1. The molecule has 1 fully saturated rings. The van der Waals surface area contributed by atoms with Gasteiger partial charge in [-0.2, -0.15) is 4.31 Å². The van der Waals surface area contributed by atoms with Crippen LogP contribution in [0.2, 0.25) is 0 Å². The van der Waals surface area contributed by atoms with Crippen molar-refractivity contribution in [1.29, 1.82) is 0 Å². The van der Waals surface area contributed by atoms with Crippen LogP contribution in [-0.2, 0) is 24.9 Å². The molecule has 228 valence electrons. The van der Waals surface area contributed by atoms with Gasteiger partial charge in [0.25, 0.3) is 0 Å².